The number of ether oxygens (including phenoxy) is 2. The Bertz CT molecular complexity index is 588. The predicted molar refractivity (Wildman–Crippen MR) is 76.6 cm³/mol. The minimum Gasteiger partial charge on any atom is -0.504 e. The normalized spacial score (nSPS) is 10.6. The zero-order valence-corrected chi connectivity index (χ0v) is 11.0. The summed E-state index contributed by atoms with van der Waals surface area (Å²) in [7, 11) is 3.17. The van der Waals surface area contributed by atoms with Gasteiger partial charge in [0.05, 0.1) is 14.2 Å². The third-order valence-electron chi connectivity index (χ3n) is 2.76. The maximum atomic E-state index is 9.69. The van der Waals surface area contributed by atoms with E-state index in [9.17, 15) is 5.11 Å². The van der Waals surface area contributed by atoms with Crippen LogP contribution in [0, 0.1) is 0 Å². The number of phenols is 1. The highest BCUT2D eigenvalue weighted by Gasteiger charge is 2.00. The molecule has 0 bridgehead atoms. The monoisotopic (exact) mass is 256 g/mol. The molecule has 0 aliphatic carbocycles. The van der Waals surface area contributed by atoms with Gasteiger partial charge in [0.2, 0.25) is 0 Å². The highest BCUT2D eigenvalue weighted by Crippen LogP contribution is 2.27. The molecule has 0 saturated heterocycles. The van der Waals surface area contributed by atoms with Gasteiger partial charge in [0.1, 0.15) is 5.75 Å². The summed E-state index contributed by atoms with van der Waals surface area (Å²) >= 11 is 0. The number of aromatic hydroxyl groups is 1. The van der Waals surface area contributed by atoms with E-state index in [1.807, 2.05) is 42.5 Å². The molecule has 2 aromatic carbocycles. The third-order valence-corrected chi connectivity index (χ3v) is 2.76. The van der Waals surface area contributed by atoms with Crippen LogP contribution in [-0.4, -0.2) is 19.3 Å². The second-order valence-corrected chi connectivity index (χ2v) is 4.04. The van der Waals surface area contributed by atoms with Crippen LogP contribution in [0.2, 0.25) is 0 Å². The van der Waals surface area contributed by atoms with Gasteiger partial charge >= 0.3 is 0 Å². The van der Waals surface area contributed by atoms with E-state index in [0.717, 1.165) is 16.9 Å². The Kier molecular flexibility index (Phi) is 4.08. The number of hydrogen-bond acceptors (Lipinski definition) is 3. The summed E-state index contributed by atoms with van der Waals surface area (Å²) in [5.74, 6) is 1.42. The number of phenolic OH excluding ortho intramolecular Hbond substituents is 1. The van der Waals surface area contributed by atoms with Crippen molar-refractivity contribution in [3.05, 3.63) is 53.6 Å². The molecular weight excluding hydrogens is 240 g/mol. The van der Waals surface area contributed by atoms with Crippen molar-refractivity contribution in [1.82, 2.24) is 0 Å². The molecule has 0 saturated carbocycles. The molecule has 2 aromatic rings. The lowest BCUT2D eigenvalue weighted by atomic mass is 10.1. The Labute approximate surface area is 112 Å². The summed E-state index contributed by atoms with van der Waals surface area (Å²) in [5, 5.41) is 9.69. The van der Waals surface area contributed by atoms with Crippen LogP contribution in [0.25, 0.3) is 12.2 Å². The molecule has 0 aromatic heterocycles. The third kappa shape index (κ3) is 3.28. The number of benzene rings is 2. The van der Waals surface area contributed by atoms with Crippen LogP contribution in [0.3, 0.4) is 0 Å². The van der Waals surface area contributed by atoms with E-state index in [1.165, 1.54) is 7.11 Å². The average molecular weight is 256 g/mol. The lowest BCUT2D eigenvalue weighted by Crippen LogP contribution is -1.84. The first kappa shape index (κ1) is 13.0. The van der Waals surface area contributed by atoms with Crippen LogP contribution >= 0.6 is 0 Å². The first-order valence-corrected chi connectivity index (χ1v) is 5.92. The lowest BCUT2D eigenvalue weighted by Gasteiger charge is -2.03. The molecule has 3 heteroatoms. The molecule has 98 valence electrons. The zero-order valence-electron chi connectivity index (χ0n) is 11.0. The van der Waals surface area contributed by atoms with Crippen molar-refractivity contribution in [2.24, 2.45) is 0 Å². The highest BCUT2D eigenvalue weighted by atomic mass is 16.5. The SMILES string of the molecule is COc1cccc(/C=C/c2ccc(OC)c(O)c2)c1. The molecule has 19 heavy (non-hydrogen) atoms. The fourth-order valence-electron chi connectivity index (χ4n) is 1.75. The Hall–Kier alpha value is -2.42. The Morgan fingerprint density at radius 2 is 1.63 bits per heavy atom. The van der Waals surface area contributed by atoms with E-state index >= 15 is 0 Å². The number of hydrogen-bond donors (Lipinski definition) is 1. The molecular formula is C16H16O3. The van der Waals surface area contributed by atoms with E-state index in [4.69, 9.17) is 9.47 Å². The van der Waals surface area contributed by atoms with Gasteiger partial charge in [-0.05, 0) is 35.4 Å². The van der Waals surface area contributed by atoms with E-state index in [-0.39, 0.29) is 5.75 Å². The molecule has 0 radical (unpaired) electrons. The van der Waals surface area contributed by atoms with Gasteiger partial charge in [0.15, 0.2) is 11.5 Å². The second kappa shape index (κ2) is 5.96. The molecule has 0 unspecified atom stereocenters. The Morgan fingerprint density at radius 3 is 2.26 bits per heavy atom. The molecule has 1 N–H and O–H groups in total. The van der Waals surface area contributed by atoms with Gasteiger partial charge in [-0.3, -0.25) is 0 Å². The largest absolute Gasteiger partial charge is 0.504 e. The lowest BCUT2D eigenvalue weighted by molar-refractivity contribution is 0.373. The predicted octanol–water partition coefficient (Wildman–Crippen LogP) is 3.58. The Morgan fingerprint density at radius 1 is 0.895 bits per heavy atom. The number of rotatable bonds is 4. The minimum absolute atomic E-state index is 0.135. The van der Waals surface area contributed by atoms with E-state index in [2.05, 4.69) is 0 Å². The molecule has 0 fully saturated rings. The molecule has 0 aliphatic rings. The average Bonchev–Trinajstić information content (AvgIpc) is 2.45. The van der Waals surface area contributed by atoms with Crippen molar-refractivity contribution in [3.63, 3.8) is 0 Å². The zero-order chi connectivity index (χ0) is 13.7. The fraction of sp³-hybridized carbons (Fsp3) is 0.125. The van der Waals surface area contributed by atoms with Crippen LogP contribution in [0.15, 0.2) is 42.5 Å². The summed E-state index contributed by atoms with van der Waals surface area (Å²) in [6, 6.07) is 13.0. The summed E-state index contributed by atoms with van der Waals surface area (Å²) in [6.07, 6.45) is 3.89. The molecule has 0 atom stereocenters. The highest BCUT2D eigenvalue weighted by molar-refractivity contribution is 5.71. The smallest absolute Gasteiger partial charge is 0.160 e. The molecule has 0 amide bonds. The number of methoxy groups -OCH3 is 2. The van der Waals surface area contributed by atoms with Crippen molar-refractivity contribution in [3.8, 4) is 17.2 Å². The van der Waals surface area contributed by atoms with Crippen molar-refractivity contribution in [2.75, 3.05) is 14.2 Å². The van der Waals surface area contributed by atoms with Crippen LogP contribution in [-0.2, 0) is 0 Å². The van der Waals surface area contributed by atoms with Gasteiger partial charge < -0.3 is 14.6 Å². The molecule has 0 spiro atoms. The standard InChI is InChI=1S/C16H16O3/c1-18-14-5-3-4-12(10-14)6-7-13-8-9-16(19-2)15(17)11-13/h3-11,17H,1-2H3/b7-6+. The molecule has 2 rings (SSSR count). The quantitative estimate of drug-likeness (QED) is 0.850. The second-order valence-electron chi connectivity index (χ2n) is 4.04. The molecule has 0 aliphatic heterocycles. The molecule has 0 heterocycles. The fourth-order valence-corrected chi connectivity index (χ4v) is 1.75. The topological polar surface area (TPSA) is 38.7 Å². The van der Waals surface area contributed by atoms with Crippen molar-refractivity contribution >= 4 is 12.2 Å². The van der Waals surface area contributed by atoms with Crippen LogP contribution in [0.5, 0.6) is 17.2 Å². The van der Waals surface area contributed by atoms with Gasteiger partial charge in [0, 0.05) is 0 Å². The van der Waals surface area contributed by atoms with Gasteiger partial charge in [-0.2, -0.15) is 0 Å². The van der Waals surface area contributed by atoms with Crippen molar-refractivity contribution in [1.29, 1.82) is 0 Å². The van der Waals surface area contributed by atoms with Crippen LogP contribution in [0.1, 0.15) is 11.1 Å². The van der Waals surface area contributed by atoms with E-state index in [1.54, 1.807) is 19.2 Å². The van der Waals surface area contributed by atoms with Gasteiger partial charge in [-0.25, -0.2) is 0 Å². The first-order chi connectivity index (χ1) is 9.22. The maximum absolute atomic E-state index is 9.69. The van der Waals surface area contributed by atoms with Gasteiger partial charge in [0.25, 0.3) is 0 Å². The summed E-state index contributed by atoms with van der Waals surface area (Å²) in [5.41, 5.74) is 1.94. The van der Waals surface area contributed by atoms with Crippen molar-refractivity contribution < 1.29 is 14.6 Å². The Balaban J connectivity index is 2.20. The van der Waals surface area contributed by atoms with Gasteiger partial charge in [-0.1, -0.05) is 30.4 Å². The van der Waals surface area contributed by atoms with Crippen molar-refractivity contribution in [2.45, 2.75) is 0 Å². The summed E-state index contributed by atoms with van der Waals surface area (Å²) in [6.45, 7) is 0. The van der Waals surface area contributed by atoms with E-state index < -0.39 is 0 Å². The summed E-state index contributed by atoms with van der Waals surface area (Å²) < 4.78 is 10.2. The summed E-state index contributed by atoms with van der Waals surface area (Å²) in [4.78, 5) is 0. The molecule has 3 nitrogen and oxygen atoms in total. The van der Waals surface area contributed by atoms with Crippen LogP contribution in [0.4, 0.5) is 0 Å². The first-order valence-electron chi connectivity index (χ1n) is 5.92. The maximum Gasteiger partial charge on any atom is 0.160 e. The van der Waals surface area contributed by atoms with E-state index in [0.29, 0.717) is 5.75 Å². The van der Waals surface area contributed by atoms with Gasteiger partial charge in [-0.15, -0.1) is 0 Å². The minimum atomic E-state index is 0.135. The van der Waals surface area contributed by atoms with Crippen LogP contribution < -0.4 is 9.47 Å².